The summed E-state index contributed by atoms with van der Waals surface area (Å²) in [6.07, 6.45) is 0. The van der Waals surface area contributed by atoms with Gasteiger partial charge < -0.3 is 10.2 Å². The molecule has 0 spiro atoms. The van der Waals surface area contributed by atoms with Crippen LogP contribution < -0.4 is 10.2 Å². The molecular formula is C23H22N2OS. The fourth-order valence-corrected chi connectivity index (χ4v) is 4.98. The monoisotopic (exact) mass is 374 g/mol. The van der Waals surface area contributed by atoms with Gasteiger partial charge in [0, 0.05) is 30.4 Å². The number of carbonyl (C=O) groups excluding carboxylic acids is 1. The summed E-state index contributed by atoms with van der Waals surface area (Å²) in [4.78, 5) is 15.7. The summed E-state index contributed by atoms with van der Waals surface area (Å²) in [6, 6.07) is 19.6. The molecule has 1 amide bonds. The van der Waals surface area contributed by atoms with E-state index in [1.165, 1.54) is 32.4 Å². The van der Waals surface area contributed by atoms with Gasteiger partial charge in [-0.1, -0.05) is 42.5 Å². The van der Waals surface area contributed by atoms with Gasteiger partial charge in [0.15, 0.2) is 0 Å². The normalized spacial score (nSPS) is 17.1. The first-order chi connectivity index (χ1) is 13.2. The smallest absolute Gasteiger partial charge is 0.237 e. The highest BCUT2D eigenvalue weighted by atomic mass is 32.2. The van der Waals surface area contributed by atoms with Gasteiger partial charge in [0.25, 0.3) is 0 Å². The Labute approximate surface area is 163 Å². The average Bonchev–Trinajstić information content (AvgIpc) is 2.64. The third-order valence-electron chi connectivity index (χ3n) is 5.53. The molecule has 2 heterocycles. The van der Waals surface area contributed by atoms with Gasteiger partial charge >= 0.3 is 0 Å². The van der Waals surface area contributed by atoms with E-state index in [1.807, 2.05) is 4.90 Å². The molecule has 0 unspecified atom stereocenters. The molecule has 136 valence electrons. The number of nitrogens with one attached hydrogen (secondary N) is 1. The van der Waals surface area contributed by atoms with Crippen LogP contribution in [0.25, 0.3) is 21.9 Å². The Morgan fingerprint density at radius 2 is 1.96 bits per heavy atom. The van der Waals surface area contributed by atoms with Crippen LogP contribution in [0.5, 0.6) is 0 Å². The van der Waals surface area contributed by atoms with E-state index in [0.29, 0.717) is 11.7 Å². The number of rotatable bonds is 3. The van der Waals surface area contributed by atoms with Gasteiger partial charge in [0.05, 0.1) is 11.4 Å². The van der Waals surface area contributed by atoms with Crippen molar-refractivity contribution in [1.29, 1.82) is 0 Å². The molecule has 1 N–H and O–H groups in total. The van der Waals surface area contributed by atoms with E-state index in [-0.39, 0.29) is 5.91 Å². The lowest BCUT2D eigenvalue weighted by Crippen LogP contribution is -2.50. The number of fused-ring (bicyclic) bond motifs is 2. The summed E-state index contributed by atoms with van der Waals surface area (Å²) in [7, 11) is 0. The predicted octanol–water partition coefficient (Wildman–Crippen LogP) is 4.47. The lowest BCUT2D eigenvalue weighted by molar-refractivity contribution is -0.116. The number of thioether (sulfide) groups is 1. The molecular weight excluding hydrogens is 352 g/mol. The summed E-state index contributed by atoms with van der Waals surface area (Å²) in [5, 5.41) is 5.85. The topological polar surface area (TPSA) is 32.3 Å². The Bertz CT molecular complexity index is 1040. The zero-order chi connectivity index (χ0) is 18.4. The van der Waals surface area contributed by atoms with Gasteiger partial charge in [-0.3, -0.25) is 4.79 Å². The van der Waals surface area contributed by atoms with Gasteiger partial charge in [0.2, 0.25) is 5.91 Å². The molecule has 1 saturated heterocycles. The molecule has 3 aromatic rings. The Morgan fingerprint density at radius 1 is 1.11 bits per heavy atom. The van der Waals surface area contributed by atoms with Crippen LogP contribution in [0.1, 0.15) is 5.56 Å². The quantitative estimate of drug-likeness (QED) is 0.734. The molecule has 2 aliphatic heterocycles. The van der Waals surface area contributed by atoms with Gasteiger partial charge in [-0.15, -0.1) is 11.8 Å². The Balaban J connectivity index is 1.58. The van der Waals surface area contributed by atoms with Crippen LogP contribution >= 0.6 is 11.8 Å². The Morgan fingerprint density at radius 3 is 2.78 bits per heavy atom. The van der Waals surface area contributed by atoms with Crippen LogP contribution in [-0.2, 0) is 4.79 Å². The van der Waals surface area contributed by atoms with E-state index in [9.17, 15) is 4.79 Å². The first-order valence-corrected chi connectivity index (χ1v) is 10.5. The highest BCUT2D eigenvalue weighted by Crippen LogP contribution is 2.40. The molecule has 0 saturated carbocycles. The molecule has 3 nitrogen and oxygen atoms in total. The Hall–Kier alpha value is -2.30. The van der Waals surface area contributed by atoms with E-state index < -0.39 is 0 Å². The van der Waals surface area contributed by atoms with E-state index >= 15 is 0 Å². The number of carbonyl (C=O) groups is 1. The fraction of sp³-hybridized carbons (Fsp3) is 0.261. The predicted molar refractivity (Wildman–Crippen MR) is 114 cm³/mol. The maximum Gasteiger partial charge on any atom is 0.237 e. The molecule has 1 fully saturated rings. The van der Waals surface area contributed by atoms with Crippen molar-refractivity contribution in [3.05, 3.63) is 60.2 Å². The van der Waals surface area contributed by atoms with E-state index in [2.05, 4.69) is 66.8 Å². The first kappa shape index (κ1) is 16.8. The molecule has 4 heteroatoms. The molecule has 3 aromatic carbocycles. The van der Waals surface area contributed by atoms with Crippen molar-refractivity contribution >= 4 is 34.1 Å². The molecule has 0 aliphatic carbocycles. The minimum absolute atomic E-state index is 0.230. The van der Waals surface area contributed by atoms with E-state index in [0.717, 1.165) is 25.3 Å². The number of anilines is 1. The molecule has 0 radical (unpaired) electrons. The van der Waals surface area contributed by atoms with Crippen molar-refractivity contribution in [3.8, 4) is 11.1 Å². The summed E-state index contributed by atoms with van der Waals surface area (Å²) in [6.45, 7) is 5.00. The second-order valence-electron chi connectivity index (χ2n) is 7.53. The number of nitrogens with zero attached hydrogens (tertiary/aromatic N) is 1. The standard InChI is InChI=1S/C23H22N2OS/c1-15-8-17-4-2-3-5-19(17)20(9-15)18-6-7-21-22(10-18)27-14-23(26)25(21)13-16-11-24-12-16/h2-10,16,24H,11-14H2,1H3. The first-order valence-electron chi connectivity index (χ1n) is 9.47. The van der Waals surface area contributed by atoms with Crippen molar-refractivity contribution in [1.82, 2.24) is 5.32 Å². The molecule has 5 rings (SSSR count). The van der Waals surface area contributed by atoms with Crippen LogP contribution in [0.15, 0.2) is 59.5 Å². The number of aryl methyl sites for hydroxylation is 1. The van der Waals surface area contributed by atoms with Crippen molar-refractivity contribution in [2.45, 2.75) is 11.8 Å². The van der Waals surface area contributed by atoms with Crippen molar-refractivity contribution in [3.63, 3.8) is 0 Å². The minimum Gasteiger partial charge on any atom is -0.316 e. The summed E-state index contributed by atoms with van der Waals surface area (Å²) in [5.74, 6) is 1.34. The molecule has 0 atom stereocenters. The van der Waals surface area contributed by atoms with E-state index in [4.69, 9.17) is 0 Å². The van der Waals surface area contributed by atoms with Gasteiger partial charge in [0.1, 0.15) is 0 Å². The molecule has 0 aromatic heterocycles. The van der Waals surface area contributed by atoms with E-state index in [1.54, 1.807) is 11.8 Å². The number of hydrogen-bond donors (Lipinski definition) is 1. The van der Waals surface area contributed by atoms with Gasteiger partial charge in [-0.05, 0) is 46.5 Å². The second kappa shape index (κ2) is 6.70. The van der Waals surface area contributed by atoms with Crippen LogP contribution in [0.2, 0.25) is 0 Å². The number of amides is 1. The van der Waals surface area contributed by atoms with Crippen molar-refractivity contribution in [2.24, 2.45) is 5.92 Å². The lowest BCUT2D eigenvalue weighted by atomic mass is 9.95. The maximum atomic E-state index is 12.5. The lowest BCUT2D eigenvalue weighted by Gasteiger charge is -2.36. The van der Waals surface area contributed by atoms with Crippen molar-refractivity contribution < 1.29 is 4.79 Å². The third kappa shape index (κ3) is 3.03. The van der Waals surface area contributed by atoms with Gasteiger partial charge in [-0.2, -0.15) is 0 Å². The summed E-state index contributed by atoms with van der Waals surface area (Å²) >= 11 is 1.66. The van der Waals surface area contributed by atoms with Crippen LogP contribution in [0, 0.1) is 12.8 Å². The average molecular weight is 375 g/mol. The summed E-state index contributed by atoms with van der Waals surface area (Å²) in [5.41, 5.74) is 4.83. The second-order valence-corrected chi connectivity index (χ2v) is 8.55. The van der Waals surface area contributed by atoms with Crippen LogP contribution in [0.3, 0.4) is 0 Å². The zero-order valence-corrected chi connectivity index (χ0v) is 16.2. The third-order valence-corrected chi connectivity index (χ3v) is 6.56. The minimum atomic E-state index is 0.230. The number of benzene rings is 3. The molecule has 0 bridgehead atoms. The zero-order valence-electron chi connectivity index (χ0n) is 15.4. The SMILES string of the molecule is Cc1cc(-c2ccc3c(c2)SCC(=O)N3CC2CNC2)c2ccccc2c1. The van der Waals surface area contributed by atoms with Crippen LogP contribution in [0.4, 0.5) is 5.69 Å². The maximum absolute atomic E-state index is 12.5. The highest BCUT2D eigenvalue weighted by molar-refractivity contribution is 8.00. The molecule has 2 aliphatic rings. The van der Waals surface area contributed by atoms with Crippen molar-refractivity contribution in [2.75, 3.05) is 30.3 Å². The highest BCUT2D eigenvalue weighted by Gasteiger charge is 2.29. The number of hydrogen-bond acceptors (Lipinski definition) is 3. The fourth-order valence-electron chi connectivity index (χ4n) is 4.01. The summed E-state index contributed by atoms with van der Waals surface area (Å²) < 4.78 is 0. The largest absolute Gasteiger partial charge is 0.316 e. The van der Waals surface area contributed by atoms with Crippen LogP contribution in [-0.4, -0.2) is 31.3 Å². The molecule has 27 heavy (non-hydrogen) atoms. The van der Waals surface area contributed by atoms with Gasteiger partial charge in [-0.25, -0.2) is 0 Å². The Kier molecular flexibility index (Phi) is 4.18.